The van der Waals surface area contributed by atoms with Gasteiger partial charge in [0.15, 0.2) is 11.6 Å². The monoisotopic (exact) mass is 342 g/mol. The Kier molecular flexibility index (Phi) is 4.86. The van der Waals surface area contributed by atoms with E-state index in [1.807, 2.05) is 12.1 Å². The van der Waals surface area contributed by atoms with Crippen LogP contribution in [0.25, 0.3) is 10.2 Å². The average Bonchev–Trinajstić information content (AvgIpc) is 3.04. The first kappa shape index (κ1) is 16.1. The Hall–Kier alpha value is -2.73. The summed E-state index contributed by atoms with van der Waals surface area (Å²) < 4.78 is 19.5. The zero-order valence-corrected chi connectivity index (χ0v) is 13.6. The maximum Gasteiger partial charge on any atom is 0.261 e. The smallest absolute Gasteiger partial charge is 0.261 e. The number of aromatic nitrogens is 1. The van der Waals surface area contributed by atoms with Crippen LogP contribution in [0.15, 0.2) is 55.3 Å². The fourth-order valence-corrected chi connectivity index (χ4v) is 3.12. The van der Waals surface area contributed by atoms with E-state index in [0.717, 1.165) is 10.2 Å². The summed E-state index contributed by atoms with van der Waals surface area (Å²) in [4.78, 5) is 17.8. The number of thiophene rings is 1. The SMILES string of the molecule is C=CCOc1cccc(CNC(=O)c2cc3cccnc3s2)c1F. The summed E-state index contributed by atoms with van der Waals surface area (Å²) in [5, 5.41) is 3.64. The molecule has 0 aliphatic rings. The third kappa shape index (κ3) is 3.44. The molecule has 0 aliphatic heterocycles. The molecule has 0 aliphatic carbocycles. The summed E-state index contributed by atoms with van der Waals surface area (Å²) in [7, 11) is 0. The van der Waals surface area contributed by atoms with Gasteiger partial charge >= 0.3 is 0 Å². The third-order valence-corrected chi connectivity index (χ3v) is 4.41. The molecule has 1 amide bonds. The normalized spacial score (nSPS) is 10.5. The van der Waals surface area contributed by atoms with E-state index in [4.69, 9.17) is 4.74 Å². The minimum Gasteiger partial charge on any atom is -0.486 e. The Morgan fingerprint density at radius 2 is 2.25 bits per heavy atom. The number of benzene rings is 1. The molecule has 3 aromatic rings. The number of hydrogen-bond donors (Lipinski definition) is 1. The molecule has 2 aromatic heterocycles. The van der Waals surface area contributed by atoms with E-state index in [1.54, 1.807) is 36.5 Å². The summed E-state index contributed by atoms with van der Waals surface area (Å²) in [6.45, 7) is 3.84. The first-order valence-electron chi connectivity index (χ1n) is 7.33. The summed E-state index contributed by atoms with van der Waals surface area (Å²) in [5.74, 6) is -0.583. The van der Waals surface area contributed by atoms with E-state index in [1.165, 1.54) is 11.3 Å². The van der Waals surface area contributed by atoms with Crippen LogP contribution in [0.5, 0.6) is 5.75 Å². The third-order valence-electron chi connectivity index (χ3n) is 3.36. The molecule has 0 radical (unpaired) electrons. The number of carbonyl (C=O) groups is 1. The molecule has 2 heterocycles. The van der Waals surface area contributed by atoms with Crippen molar-refractivity contribution in [1.82, 2.24) is 10.3 Å². The maximum atomic E-state index is 14.3. The van der Waals surface area contributed by atoms with Gasteiger partial charge in [-0.25, -0.2) is 9.37 Å². The quantitative estimate of drug-likeness (QED) is 0.691. The molecule has 24 heavy (non-hydrogen) atoms. The molecule has 0 bridgehead atoms. The molecule has 0 atom stereocenters. The van der Waals surface area contributed by atoms with E-state index in [-0.39, 0.29) is 24.8 Å². The number of fused-ring (bicyclic) bond motifs is 1. The molecule has 1 aromatic carbocycles. The van der Waals surface area contributed by atoms with Crippen LogP contribution in [0.3, 0.4) is 0 Å². The lowest BCUT2D eigenvalue weighted by atomic mass is 10.2. The standard InChI is InChI=1S/C18H15FN2O2S/c1-2-9-23-14-7-3-5-13(16(14)19)11-21-17(22)15-10-12-6-4-8-20-18(12)24-15/h2-8,10H,1,9,11H2,(H,21,22). The molecule has 3 rings (SSSR count). The van der Waals surface area contributed by atoms with Crippen molar-refractivity contribution in [3.8, 4) is 5.75 Å². The van der Waals surface area contributed by atoms with Crippen LogP contribution in [-0.2, 0) is 6.54 Å². The Balaban J connectivity index is 1.71. The highest BCUT2D eigenvalue weighted by atomic mass is 32.1. The van der Waals surface area contributed by atoms with Crippen molar-refractivity contribution in [2.75, 3.05) is 6.61 Å². The van der Waals surface area contributed by atoms with Crippen LogP contribution in [0.2, 0.25) is 0 Å². The van der Waals surface area contributed by atoms with Crippen LogP contribution < -0.4 is 10.1 Å². The zero-order valence-electron chi connectivity index (χ0n) is 12.8. The highest BCUT2D eigenvalue weighted by molar-refractivity contribution is 7.20. The van der Waals surface area contributed by atoms with Gasteiger partial charge in [-0.05, 0) is 18.2 Å². The number of hydrogen-bond acceptors (Lipinski definition) is 4. The number of amides is 1. The Morgan fingerprint density at radius 1 is 1.38 bits per heavy atom. The van der Waals surface area contributed by atoms with Crippen molar-refractivity contribution in [3.05, 3.63) is 71.5 Å². The fourth-order valence-electron chi connectivity index (χ4n) is 2.20. The number of rotatable bonds is 6. The lowest BCUT2D eigenvalue weighted by Gasteiger charge is -2.09. The number of nitrogens with one attached hydrogen (secondary N) is 1. The van der Waals surface area contributed by atoms with Crippen molar-refractivity contribution in [3.63, 3.8) is 0 Å². The Labute approximate surface area is 142 Å². The molecule has 0 spiro atoms. The van der Waals surface area contributed by atoms with E-state index in [2.05, 4.69) is 16.9 Å². The van der Waals surface area contributed by atoms with Gasteiger partial charge in [-0.1, -0.05) is 30.9 Å². The van der Waals surface area contributed by atoms with E-state index < -0.39 is 5.82 Å². The second-order valence-electron chi connectivity index (χ2n) is 5.02. The molecular weight excluding hydrogens is 327 g/mol. The van der Waals surface area contributed by atoms with Crippen LogP contribution in [0.1, 0.15) is 15.2 Å². The molecule has 4 nitrogen and oxygen atoms in total. The Bertz CT molecular complexity index is 859. The van der Waals surface area contributed by atoms with Gasteiger partial charge in [0, 0.05) is 23.7 Å². The van der Waals surface area contributed by atoms with E-state index >= 15 is 0 Å². The minimum absolute atomic E-state index is 0.0810. The lowest BCUT2D eigenvalue weighted by molar-refractivity contribution is 0.0954. The van der Waals surface area contributed by atoms with Crippen molar-refractivity contribution in [1.29, 1.82) is 0 Å². The van der Waals surface area contributed by atoms with Crippen LogP contribution >= 0.6 is 11.3 Å². The lowest BCUT2D eigenvalue weighted by Crippen LogP contribution is -2.22. The van der Waals surface area contributed by atoms with Gasteiger partial charge in [-0.15, -0.1) is 11.3 Å². The van der Waals surface area contributed by atoms with E-state index in [0.29, 0.717) is 10.4 Å². The Morgan fingerprint density at radius 3 is 3.04 bits per heavy atom. The van der Waals surface area contributed by atoms with Gasteiger partial charge in [-0.2, -0.15) is 0 Å². The topological polar surface area (TPSA) is 51.2 Å². The van der Waals surface area contributed by atoms with Crippen molar-refractivity contribution >= 4 is 27.5 Å². The second-order valence-corrected chi connectivity index (χ2v) is 6.05. The molecule has 6 heteroatoms. The first-order chi connectivity index (χ1) is 11.7. The zero-order chi connectivity index (χ0) is 16.9. The van der Waals surface area contributed by atoms with Gasteiger partial charge in [0.05, 0.1) is 4.88 Å². The summed E-state index contributed by atoms with van der Waals surface area (Å²) >= 11 is 1.31. The predicted octanol–water partition coefficient (Wildman–Crippen LogP) is 3.93. The molecule has 0 unspecified atom stereocenters. The molecular formula is C18H15FN2O2S. The minimum atomic E-state index is -0.474. The summed E-state index contributed by atoms with van der Waals surface area (Å²) in [6.07, 6.45) is 3.23. The summed E-state index contributed by atoms with van der Waals surface area (Å²) in [5.41, 5.74) is 0.365. The van der Waals surface area contributed by atoms with Gasteiger partial charge in [0.1, 0.15) is 11.4 Å². The fraction of sp³-hybridized carbons (Fsp3) is 0.111. The molecule has 122 valence electrons. The highest BCUT2D eigenvalue weighted by Crippen LogP contribution is 2.24. The van der Waals surface area contributed by atoms with Gasteiger partial charge in [-0.3, -0.25) is 4.79 Å². The largest absolute Gasteiger partial charge is 0.486 e. The van der Waals surface area contributed by atoms with Crippen LogP contribution in [0.4, 0.5) is 4.39 Å². The number of nitrogens with zero attached hydrogens (tertiary/aromatic N) is 1. The second kappa shape index (κ2) is 7.23. The number of carbonyl (C=O) groups excluding carboxylic acids is 1. The first-order valence-corrected chi connectivity index (χ1v) is 8.14. The predicted molar refractivity (Wildman–Crippen MR) is 92.9 cm³/mol. The van der Waals surface area contributed by atoms with Crippen molar-refractivity contribution in [2.45, 2.75) is 6.54 Å². The van der Waals surface area contributed by atoms with Crippen molar-refractivity contribution in [2.24, 2.45) is 0 Å². The molecule has 0 saturated heterocycles. The maximum absolute atomic E-state index is 14.3. The van der Waals surface area contributed by atoms with Crippen molar-refractivity contribution < 1.29 is 13.9 Å². The highest BCUT2D eigenvalue weighted by Gasteiger charge is 2.13. The average molecular weight is 342 g/mol. The number of pyridine rings is 1. The van der Waals surface area contributed by atoms with Gasteiger partial charge in [0.2, 0.25) is 0 Å². The van der Waals surface area contributed by atoms with Gasteiger partial charge < -0.3 is 10.1 Å². The number of ether oxygens (including phenoxy) is 1. The number of halogens is 1. The molecule has 0 fully saturated rings. The molecule has 0 saturated carbocycles. The van der Waals surface area contributed by atoms with Gasteiger partial charge in [0.25, 0.3) is 5.91 Å². The molecule has 1 N–H and O–H groups in total. The van der Waals surface area contributed by atoms with Crippen LogP contribution in [0, 0.1) is 5.82 Å². The van der Waals surface area contributed by atoms with E-state index in [9.17, 15) is 9.18 Å². The summed E-state index contributed by atoms with van der Waals surface area (Å²) in [6, 6.07) is 10.3. The van der Waals surface area contributed by atoms with Crippen LogP contribution in [-0.4, -0.2) is 17.5 Å².